The van der Waals surface area contributed by atoms with Crippen molar-refractivity contribution in [2.75, 3.05) is 19.2 Å². The van der Waals surface area contributed by atoms with E-state index >= 15 is 0 Å². The van der Waals surface area contributed by atoms with Crippen LogP contribution in [-0.2, 0) is 4.79 Å². The molecule has 1 aromatic rings. The molecule has 108 valence electrons. The first-order valence-corrected chi connectivity index (χ1v) is 5.93. The lowest BCUT2D eigenvalue weighted by molar-refractivity contribution is -0.384. The number of nitrogens with one attached hydrogen (secondary N) is 2. The van der Waals surface area contributed by atoms with Crippen LogP contribution in [0.1, 0.15) is 13.8 Å². The van der Waals surface area contributed by atoms with Crippen LogP contribution in [0, 0.1) is 10.1 Å². The minimum Gasteiger partial charge on any atom is -0.454 e. The lowest BCUT2D eigenvalue weighted by Gasteiger charge is -2.22. The Morgan fingerprint density at radius 2 is 1.95 bits per heavy atom. The number of rotatable bonds is 4. The van der Waals surface area contributed by atoms with E-state index in [1.54, 1.807) is 20.9 Å². The zero-order chi connectivity index (χ0) is 14.9. The summed E-state index contributed by atoms with van der Waals surface area (Å²) in [4.78, 5) is 22.6. The molecule has 0 radical (unpaired) electrons. The number of benzene rings is 1. The molecule has 1 aliphatic rings. The largest absolute Gasteiger partial charge is 0.454 e. The van der Waals surface area contributed by atoms with Crippen LogP contribution in [0.4, 0.5) is 11.4 Å². The van der Waals surface area contributed by atoms with Crippen molar-refractivity contribution in [3.8, 4) is 11.5 Å². The van der Waals surface area contributed by atoms with Crippen molar-refractivity contribution in [2.24, 2.45) is 0 Å². The Labute approximate surface area is 115 Å². The monoisotopic (exact) mass is 281 g/mol. The van der Waals surface area contributed by atoms with E-state index in [4.69, 9.17) is 9.47 Å². The van der Waals surface area contributed by atoms with E-state index in [1.165, 1.54) is 12.1 Å². The van der Waals surface area contributed by atoms with Gasteiger partial charge < -0.3 is 20.1 Å². The average molecular weight is 281 g/mol. The quantitative estimate of drug-likeness (QED) is 0.636. The van der Waals surface area contributed by atoms with Gasteiger partial charge in [0.15, 0.2) is 11.5 Å². The second-order valence-corrected chi connectivity index (χ2v) is 4.81. The van der Waals surface area contributed by atoms with Crippen LogP contribution >= 0.6 is 0 Å². The van der Waals surface area contributed by atoms with Crippen molar-refractivity contribution in [3.63, 3.8) is 0 Å². The fourth-order valence-electron chi connectivity index (χ4n) is 1.57. The van der Waals surface area contributed by atoms with E-state index in [2.05, 4.69) is 10.6 Å². The summed E-state index contributed by atoms with van der Waals surface area (Å²) in [5, 5.41) is 16.4. The Morgan fingerprint density at radius 3 is 2.50 bits per heavy atom. The van der Waals surface area contributed by atoms with E-state index < -0.39 is 10.5 Å². The van der Waals surface area contributed by atoms with Gasteiger partial charge in [-0.3, -0.25) is 14.9 Å². The van der Waals surface area contributed by atoms with Crippen LogP contribution in [-0.4, -0.2) is 30.2 Å². The van der Waals surface area contributed by atoms with Gasteiger partial charge in [0.2, 0.25) is 12.7 Å². The molecule has 0 aliphatic carbocycles. The predicted octanol–water partition coefficient (Wildman–Crippen LogP) is 1.26. The first-order chi connectivity index (χ1) is 9.35. The molecular weight excluding hydrogens is 266 g/mol. The van der Waals surface area contributed by atoms with Gasteiger partial charge in [-0.2, -0.15) is 0 Å². The molecule has 1 aliphatic heterocycles. The SMILES string of the molecule is CNC(C)(C)C(=O)Nc1cc2c(cc1[N+](=O)[O-])OCO2. The number of nitrogens with zero attached hydrogens (tertiary/aromatic N) is 1. The summed E-state index contributed by atoms with van der Waals surface area (Å²) in [6.07, 6.45) is 0. The summed E-state index contributed by atoms with van der Waals surface area (Å²) in [6, 6.07) is 2.63. The average Bonchev–Trinajstić information content (AvgIpc) is 2.84. The van der Waals surface area contributed by atoms with Crippen molar-refractivity contribution in [2.45, 2.75) is 19.4 Å². The molecule has 0 saturated heterocycles. The first kappa shape index (κ1) is 14.1. The molecule has 0 aromatic heterocycles. The van der Waals surface area contributed by atoms with Gasteiger partial charge in [-0.25, -0.2) is 0 Å². The number of likely N-dealkylation sites (N-methyl/N-ethyl adjacent to an activating group) is 1. The molecular formula is C12H15N3O5. The third-order valence-corrected chi connectivity index (χ3v) is 3.13. The number of nitro benzene ring substituents is 1. The van der Waals surface area contributed by atoms with Gasteiger partial charge in [-0.05, 0) is 20.9 Å². The Morgan fingerprint density at radius 1 is 1.35 bits per heavy atom. The minimum absolute atomic E-state index is 0.00585. The number of fused-ring (bicyclic) bond motifs is 1. The molecule has 8 nitrogen and oxygen atoms in total. The highest BCUT2D eigenvalue weighted by molar-refractivity contribution is 5.99. The van der Waals surface area contributed by atoms with Crippen molar-refractivity contribution in [3.05, 3.63) is 22.2 Å². The highest BCUT2D eigenvalue weighted by atomic mass is 16.7. The summed E-state index contributed by atoms with van der Waals surface area (Å²) < 4.78 is 10.2. The zero-order valence-electron chi connectivity index (χ0n) is 11.4. The summed E-state index contributed by atoms with van der Waals surface area (Å²) in [6.45, 7) is 3.34. The Bertz CT molecular complexity index is 570. The molecule has 0 spiro atoms. The Hall–Kier alpha value is -2.35. The number of ether oxygens (including phenoxy) is 2. The molecule has 0 unspecified atom stereocenters. The molecule has 2 N–H and O–H groups in total. The van der Waals surface area contributed by atoms with E-state index in [9.17, 15) is 14.9 Å². The van der Waals surface area contributed by atoms with Crippen molar-refractivity contribution in [1.82, 2.24) is 5.32 Å². The van der Waals surface area contributed by atoms with Gasteiger partial charge in [0.25, 0.3) is 5.69 Å². The first-order valence-electron chi connectivity index (χ1n) is 5.93. The smallest absolute Gasteiger partial charge is 0.296 e. The van der Waals surface area contributed by atoms with Crippen molar-refractivity contribution in [1.29, 1.82) is 0 Å². The van der Waals surface area contributed by atoms with Gasteiger partial charge >= 0.3 is 0 Å². The summed E-state index contributed by atoms with van der Waals surface area (Å²) >= 11 is 0. The fraction of sp³-hybridized carbons (Fsp3) is 0.417. The topological polar surface area (TPSA) is 103 Å². The molecule has 0 bridgehead atoms. The molecule has 1 aromatic carbocycles. The maximum absolute atomic E-state index is 12.1. The maximum Gasteiger partial charge on any atom is 0.296 e. The number of hydrogen-bond donors (Lipinski definition) is 2. The maximum atomic E-state index is 12.1. The number of carbonyl (C=O) groups excluding carboxylic acids is 1. The van der Waals surface area contributed by atoms with Gasteiger partial charge in [-0.15, -0.1) is 0 Å². The summed E-state index contributed by atoms with van der Waals surface area (Å²) in [7, 11) is 1.63. The number of nitro groups is 1. The van der Waals surface area contributed by atoms with Gasteiger partial charge in [0.1, 0.15) is 5.69 Å². The fourth-order valence-corrected chi connectivity index (χ4v) is 1.57. The van der Waals surface area contributed by atoms with E-state index in [0.29, 0.717) is 11.5 Å². The lowest BCUT2D eigenvalue weighted by Crippen LogP contribution is -2.47. The highest BCUT2D eigenvalue weighted by Gasteiger charge is 2.29. The molecule has 1 heterocycles. The van der Waals surface area contributed by atoms with Gasteiger partial charge in [0, 0.05) is 6.07 Å². The number of anilines is 1. The van der Waals surface area contributed by atoms with Crippen molar-refractivity contribution < 1.29 is 19.2 Å². The van der Waals surface area contributed by atoms with Crippen LogP contribution in [0.25, 0.3) is 0 Å². The predicted molar refractivity (Wildman–Crippen MR) is 71.0 cm³/mol. The van der Waals surface area contributed by atoms with E-state index in [-0.39, 0.29) is 24.1 Å². The molecule has 1 amide bonds. The van der Waals surface area contributed by atoms with E-state index in [0.717, 1.165) is 0 Å². The van der Waals surface area contributed by atoms with Crippen molar-refractivity contribution >= 4 is 17.3 Å². The lowest BCUT2D eigenvalue weighted by atomic mass is 10.0. The minimum atomic E-state index is -0.857. The number of carbonyl (C=O) groups is 1. The van der Waals surface area contributed by atoms with Gasteiger partial charge in [-0.1, -0.05) is 0 Å². The molecule has 0 fully saturated rings. The van der Waals surface area contributed by atoms with Crippen LogP contribution < -0.4 is 20.1 Å². The third-order valence-electron chi connectivity index (χ3n) is 3.13. The molecule has 8 heteroatoms. The summed E-state index contributed by atoms with van der Waals surface area (Å²) in [5.41, 5.74) is -1.02. The third kappa shape index (κ3) is 2.50. The molecule has 2 rings (SSSR count). The van der Waals surface area contributed by atoms with Crippen LogP contribution in [0.3, 0.4) is 0 Å². The standard InChI is InChI=1S/C12H15N3O5/c1-12(2,13-3)11(16)14-7-4-9-10(20-6-19-9)5-8(7)15(17)18/h4-5,13H,6H2,1-3H3,(H,14,16). The molecule has 0 saturated carbocycles. The molecule has 0 atom stereocenters. The van der Waals surface area contributed by atoms with Crippen LogP contribution in [0.2, 0.25) is 0 Å². The Kier molecular flexibility index (Phi) is 3.49. The second kappa shape index (κ2) is 4.97. The van der Waals surface area contributed by atoms with Gasteiger partial charge in [0.05, 0.1) is 16.5 Å². The second-order valence-electron chi connectivity index (χ2n) is 4.81. The van der Waals surface area contributed by atoms with Crippen LogP contribution in [0.5, 0.6) is 11.5 Å². The zero-order valence-corrected chi connectivity index (χ0v) is 11.4. The van der Waals surface area contributed by atoms with E-state index in [1.807, 2.05) is 0 Å². The normalized spacial score (nSPS) is 13.2. The Balaban J connectivity index is 2.36. The summed E-state index contributed by atoms with van der Waals surface area (Å²) in [5.74, 6) is 0.276. The number of amides is 1. The molecule has 20 heavy (non-hydrogen) atoms. The highest BCUT2D eigenvalue weighted by Crippen LogP contribution is 2.40. The van der Waals surface area contributed by atoms with Crippen LogP contribution in [0.15, 0.2) is 12.1 Å². The number of hydrogen-bond acceptors (Lipinski definition) is 6.